The zero-order valence-electron chi connectivity index (χ0n) is 16.4. The Hall–Kier alpha value is -2.40. The fraction of sp³-hybridized carbons (Fsp3) is 0.435. The maximum absolute atomic E-state index is 16.0. The first-order chi connectivity index (χ1) is 13.5. The number of ketones is 1. The number of ether oxygens (including phenoxy) is 2. The largest absolute Gasteiger partial charge is 0.493 e. The summed E-state index contributed by atoms with van der Waals surface area (Å²) < 4.78 is 26.6. The van der Waals surface area contributed by atoms with Crippen LogP contribution in [0.25, 0.3) is 0 Å². The number of benzene rings is 2. The second kappa shape index (κ2) is 7.55. The topological polar surface area (TPSA) is 38.8 Å². The van der Waals surface area contributed by atoms with Gasteiger partial charge >= 0.3 is 0 Å². The molecule has 1 aliphatic heterocycles. The van der Waals surface area contributed by atoms with Gasteiger partial charge in [-0.2, -0.15) is 0 Å². The zero-order valence-corrected chi connectivity index (χ0v) is 16.4. The number of likely N-dealkylation sites (tertiary alicyclic amines) is 1. The minimum absolute atomic E-state index is 0.130. The third kappa shape index (κ3) is 3.28. The van der Waals surface area contributed by atoms with Crippen molar-refractivity contribution in [3.05, 3.63) is 59.2 Å². The number of halogens is 1. The predicted molar refractivity (Wildman–Crippen MR) is 106 cm³/mol. The molecule has 0 N–H and O–H groups in total. The summed E-state index contributed by atoms with van der Waals surface area (Å²) in [6.45, 7) is 2.48. The summed E-state index contributed by atoms with van der Waals surface area (Å²) in [5.74, 6) is 0.355. The van der Waals surface area contributed by atoms with Gasteiger partial charge in [-0.25, -0.2) is 4.39 Å². The number of carbonyl (C=O) groups is 1. The Morgan fingerprint density at radius 3 is 2.36 bits per heavy atom. The number of Topliss-reactive ketones (excluding diaryl/α,β-unsaturated/α-hetero) is 1. The molecule has 148 valence electrons. The van der Waals surface area contributed by atoms with Crippen LogP contribution in [0.1, 0.15) is 34.3 Å². The summed E-state index contributed by atoms with van der Waals surface area (Å²) in [7, 11) is 3.07. The van der Waals surface area contributed by atoms with Crippen molar-refractivity contribution in [1.29, 1.82) is 0 Å². The summed E-state index contributed by atoms with van der Waals surface area (Å²) in [5.41, 5.74) is 0.599. The summed E-state index contributed by atoms with van der Waals surface area (Å²) >= 11 is 0. The molecule has 0 amide bonds. The second-order valence-electron chi connectivity index (χ2n) is 7.77. The van der Waals surface area contributed by atoms with Gasteiger partial charge in [0.15, 0.2) is 17.2 Å². The number of hydrogen-bond acceptors (Lipinski definition) is 4. The molecule has 4 nitrogen and oxygen atoms in total. The molecular formula is C23H26FNO3. The van der Waals surface area contributed by atoms with Crippen LogP contribution >= 0.6 is 0 Å². The van der Waals surface area contributed by atoms with E-state index in [-0.39, 0.29) is 12.3 Å². The average Bonchev–Trinajstić information content (AvgIpc) is 2.98. The molecule has 0 radical (unpaired) electrons. The molecule has 0 aromatic heterocycles. The molecule has 2 aromatic carbocycles. The Bertz CT molecular complexity index is 862. The van der Waals surface area contributed by atoms with Crippen LogP contribution in [0.15, 0.2) is 42.5 Å². The van der Waals surface area contributed by atoms with Gasteiger partial charge in [0.05, 0.1) is 14.2 Å². The van der Waals surface area contributed by atoms with Crippen LogP contribution < -0.4 is 9.47 Å². The van der Waals surface area contributed by atoms with Crippen molar-refractivity contribution in [3.8, 4) is 11.5 Å². The lowest BCUT2D eigenvalue weighted by Gasteiger charge is -2.37. The van der Waals surface area contributed by atoms with Crippen molar-refractivity contribution >= 4 is 5.78 Å². The first-order valence-corrected chi connectivity index (χ1v) is 9.80. The SMILES string of the molecule is COc1cc2c(cc1OC)C(=O)C(F)(C1CCN(Cc3ccccc3)CC1)C2. The Kier molecular flexibility index (Phi) is 5.11. The van der Waals surface area contributed by atoms with Gasteiger partial charge in [-0.05, 0) is 49.2 Å². The monoisotopic (exact) mass is 383 g/mol. The number of nitrogens with zero attached hydrogens (tertiary/aromatic N) is 1. The molecule has 1 aliphatic carbocycles. The van der Waals surface area contributed by atoms with Crippen LogP contribution in [0.2, 0.25) is 0 Å². The van der Waals surface area contributed by atoms with Crippen molar-refractivity contribution < 1.29 is 18.7 Å². The summed E-state index contributed by atoms with van der Waals surface area (Å²) in [6.07, 6.45) is 1.51. The second-order valence-corrected chi connectivity index (χ2v) is 7.77. The van der Waals surface area contributed by atoms with Gasteiger partial charge in [-0.3, -0.25) is 9.69 Å². The van der Waals surface area contributed by atoms with E-state index in [4.69, 9.17) is 9.47 Å². The highest BCUT2D eigenvalue weighted by Gasteiger charge is 2.52. The molecular weight excluding hydrogens is 357 g/mol. The van der Waals surface area contributed by atoms with Gasteiger partial charge in [-0.15, -0.1) is 0 Å². The standard InChI is InChI=1S/C23H26FNO3/c1-27-20-12-17-14-23(24,22(26)19(17)13-21(20)28-2)18-8-10-25(11-9-18)15-16-6-4-3-5-7-16/h3-7,12-13,18H,8-11,14-15H2,1-2H3. The Morgan fingerprint density at radius 1 is 1.07 bits per heavy atom. The van der Waals surface area contributed by atoms with Crippen LogP contribution in [0.4, 0.5) is 4.39 Å². The van der Waals surface area contributed by atoms with E-state index in [1.54, 1.807) is 19.2 Å². The van der Waals surface area contributed by atoms with E-state index in [0.29, 0.717) is 29.9 Å². The third-order valence-corrected chi connectivity index (χ3v) is 6.16. The molecule has 1 atom stereocenters. The van der Waals surface area contributed by atoms with Crippen LogP contribution in [0.3, 0.4) is 0 Å². The van der Waals surface area contributed by atoms with E-state index in [1.165, 1.54) is 12.7 Å². The first kappa shape index (κ1) is 18.9. The lowest BCUT2D eigenvalue weighted by atomic mass is 9.79. The lowest BCUT2D eigenvalue weighted by Crippen LogP contribution is -2.46. The number of fused-ring (bicyclic) bond motifs is 1. The maximum Gasteiger partial charge on any atom is 0.201 e. The zero-order chi connectivity index (χ0) is 19.7. The van der Waals surface area contributed by atoms with E-state index >= 15 is 4.39 Å². The summed E-state index contributed by atoms with van der Waals surface area (Å²) in [4.78, 5) is 15.3. The number of piperidine rings is 1. The first-order valence-electron chi connectivity index (χ1n) is 9.80. The number of hydrogen-bond donors (Lipinski definition) is 0. The molecule has 0 bridgehead atoms. The smallest absolute Gasteiger partial charge is 0.201 e. The molecule has 4 rings (SSSR count). The van der Waals surface area contributed by atoms with Crippen molar-refractivity contribution in [2.24, 2.45) is 5.92 Å². The minimum Gasteiger partial charge on any atom is -0.493 e. The molecule has 1 fully saturated rings. The maximum atomic E-state index is 16.0. The Balaban J connectivity index is 1.47. The van der Waals surface area contributed by atoms with E-state index in [2.05, 4.69) is 17.0 Å². The normalized spacial score (nSPS) is 22.9. The quantitative estimate of drug-likeness (QED) is 0.780. The highest BCUT2D eigenvalue weighted by Crippen LogP contribution is 2.45. The van der Waals surface area contributed by atoms with Crippen molar-refractivity contribution in [2.75, 3.05) is 27.3 Å². The predicted octanol–water partition coefficient (Wildman–Crippen LogP) is 4.06. The molecule has 1 heterocycles. The van der Waals surface area contributed by atoms with E-state index in [0.717, 1.165) is 25.2 Å². The molecule has 0 saturated carbocycles. The van der Waals surface area contributed by atoms with Crippen LogP contribution in [0.5, 0.6) is 11.5 Å². The molecule has 0 spiro atoms. The van der Waals surface area contributed by atoms with E-state index in [1.807, 2.05) is 18.2 Å². The van der Waals surface area contributed by atoms with Crippen molar-refractivity contribution in [1.82, 2.24) is 4.90 Å². The highest BCUT2D eigenvalue weighted by molar-refractivity contribution is 6.07. The molecule has 2 aliphatic rings. The molecule has 1 unspecified atom stereocenters. The summed E-state index contributed by atoms with van der Waals surface area (Å²) in [5, 5.41) is 0. The Morgan fingerprint density at radius 2 is 1.71 bits per heavy atom. The van der Waals surface area contributed by atoms with E-state index < -0.39 is 11.5 Å². The fourth-order valence-corrected chi connectivity index (χ4v) is 4.58. The van der Waals surface area contributed by atoms with E-state index in [9.17, 15) is 4.79 Å². The van der Waals surface area contributed by atoms with Gasteiger partial charge in [0, 0.05) is 24.4 Å². The number of alkyl halides is 1. The van der Waals surface area contributed by atoms with Crippen LogP contribution in [0, 0.1) is 5.92 Å². The molecule has 28 heavy (non-hydrogen) atoms. The van der Waals surface area contributed by atoms with Gasteiger partial charge in [0.25, 0.3) is 0 Å². The third-order valence-electron chi connectivity index (χ3n) is 6.16. The molecule has 2 aromatic rings. The number of carbonyl (C=O) groups excluding carboxylic acids is 1. The minimum atomic E-state index is -1.82. The Labute approximate surface area is 165 Å². The number of methoxy groups -OCH3 is 2. The lowest BCUT2D eigenvalue weighted by molar-refractivity contribution is 0.0326. The van der Waals surface area contributed by atoms with Gasteiger partial charge in [0.1, 0.15) is 0 Å². The van der Waals surface area contributed by atoms with Crippen LogP contribution in [-0.2, 0) is 13.0 Å². The van der Waals surface area contributed by atoms with Crippen molar-refractivity contribution in [2.45, 2.75) is 31.5 Å². The fourth-order valence-electron chi connectivity index (χ4n) is 4.58. The van der Waals surface area contributed by atoms with Crippen LogP contribution in [-0.4, -0.2) is 43.7 Å². The molecule has 5 heteroatoms. The number of rotatable bonds is 5. The van der Waals surface area contributed by atoms with Gasteiger partial charge in [-0.1, -0.05) is 30.3 Å². The summed E-state index contributed by atoms with van der Waals surface area (Å²) in [6, 6.07) is 13.7. The molecule has 1 saturated heterocycles. The van der Waals surface area contributed by atoms with Gasteiger partial charge in [0.2, 0.25) is 5.78 Å². The van der Waals surface area contributed by atoms with Gasteiger partial charge < -0.3 is 9.47 Å². The highest BCUT2D eigenvalue weighted by atomic mass is 19.1. The average molecular weight is 383 g/mol. The van der Waals surface area contributed by atoms with Crippen molar-refractivity contribution in [3.63, 3.8) is 0 Å².